The molecule has 2 aromatic carbocycles. The Morgan fingerprint density at radius 3 is 2.55 bits per heavy atom. The van der Waals surface area contributed by atoms with Gasteiger partial charge in [-0.3, -0.25) is 14.4 Å². The Kier molecular flexibility index (Phi) is 6.21. The molecule has 1 saturated heterocycles. The summed E-state index contributed by atoms with van der Waals surface area (Å²) < 4.78 is 5.19. The fourth-order valence-corrected chi connectivity index (χ4v) is 3.90. The largest absolute Gasteiger partial charge is 0.497 e. The molecular weight excluding hydrogens is 394 g/mol. The standard InChI is InChI=1S/C24H27N3O4/c1-31-19-8-4-7-18(14-19)25-23(29)20-9-2-3-10-21(20)26-22(28)17-6-5-13-27(15-17)24(30)16-11-12-16/h2-4,7-10,14,16-17H,5-6,11-13,15H2,1H3,(H,25,29)(H,26,28). The van der Waals surface area contributed by atoms with Gasteiger partial charge in [0.05, 0.1) is 24.3 Å². The van der Waals surface area contributed by atoms with Crippen molar-refractivity contribution in [1.82, 2.24) is 4.90 Å². The van der Waals surface area contributed by atoms with Gasteiger partial charge in [-0.15, -0.1) is 0 Å². The molecule has 1 saturated carbocycles. The van der Waals surface area contributed by atoms with Crippen LogP contribution < -0.4 is 15.4 Å². The minimum Gasteiger partial charge on any atom is -0.497 e. The maximum absolute atomic E-state index is 12.9. The number of methoxy groups -OCH3 is 1. The molecular formula is C24H27N3O4. The number of carbonyl (C=O) groups excluding carboxylic acids is 3. The zero-order chi connectivity index (χ0) is 21.8. The van der Waals surface area contributed by atoms with Crippen LogP contribution in [0.3, 0.4) is 0 Å². The molecule has 1 aliphatic carbocycles. The number of hydrogen-bond donors (Lipinski definition) is 2. The Morgan fingerprint density at radius 1 is 0.968 bits per heavy atom. The molecule has 31 heavy (non-hydrogen) atoms. The maximum Gasteiger partial charge on any atom is 0.257 e. The number of benzene rings is 2. The summed E-state index contributed by atoms with van der Waals surface area (Å²) in [5.74, 6) is 0.222. The summed E-state index contributed by atoms with van der Waals surface area (Å²) in [7, 11) is 1.57. The van der Waals surface area contributed by atoms with Crippen molar-refractivity contribution in [3.63, 3.8) is 0 Å². The van der Waals surface area contributed by atoms with Gasteiger partial charge in [0, 0.05) is 30.8 Å². The van der Waals surface area contributed by atoms with Crippen LogP contribution in [-0.4, -0.2) is 42.8 Å². The number of rotatable bonds is 6. The van der Waals surface area contributed by atoms with E-state index >= 15 is 0 Å². The van der Waals surface area contributed by atoms with E-state index in [0.29, 0.717) is 29.2 Å². The molecule has 1 heterocycles. The van der Waals surface area contributed by atoms with Gasteiger partial charge in [-0.1, -0.05) is 18.2 Å². The highest BCUT2D eigenvalue weighted by atomic mass is 16.5. The fourth-order valence-electron chi connectivity index (χ4n) is 3.90. The van der Waals surface area contributed by atoms with E-state index in [1.165, 1.54) is 0 Å². The molecule has 4 rings (SSSR count). The second-order valence-electron chi connectivity index (χ2n) is 8.12. The zero-order valence-corrected chi connectivity index (χ0v) is 17.6. The molecule has 1 aliphatic heterocycles. The number of ether oxygens (including phenoxy) is 1. The first-order valence-electron chi connectivity index (χ1n) is 10.7. The second kappa shape index (κ2) is 9.20. The lowest BCUT2D eigenvalue weighted by Crippen LogP contribution is -2.44. The molecule has 0 radical (unpaired) electrons. The Labute approximate surface area is 181 Å². The van der Waals surface area contributed by atoms with E-state index in [2.05, 4.69) is 10.6 Å². The first-order valence-corrected chi connectivity index (χ1v) is 10.7. The van der Waals surface area contributed by atoms with Crippen molar-refractivity contribution >= 4 is 29.1 Å². The van der Waals surface area contributed by atoms with E-state index in [0.717, 1.165) is 32.2 Å². The third kappa shape index (κ3) is 5.05. The molecule has 3 amide bonds. The molecule has 1 atom stereocenters. The van der Waals surface area contributed by atoms with Crippen molar-refractivity contribution < 1.29 is 19.1 Å². The summed E-state index contributed by atoms with van der Waals surface area (Å²) in [6.07, 6.45) is 3.47. The van der Waals surface area contributed by atoms with E-state index in [4.69, 9.17) is 4.74 Å². The Bertz CT molecular complexity index is 986. The summed E-state index contributed by atoms with van der Waals surface area (Å²) in [5, 5.41) is 5.76. The van der Waals surface area contributed by atoms with E-state index in [-0.39, 0.29) is 29.6 Å². The van der Waals surface area contributed by atoms with Crippen LogP contribution in [0.15, 0.2) is 48.5 Å². The van der Waals surface area contributed by atoms with Gasteiger partial charge in [0.25, 0.3) is 5.91 Å². The Morgan fingerprint density at radius 2 is 1.77 bits per heavy atom. The average molecular weight is 421 g/mol. The highest BCUT2D eigenvalue weighted by molar-refractivity contribution is 6.10. The molecule has 0 bridgehead atoms. The number of carbonyl (C=O) groups is 3. The van der Waals surface area contributed by atoms with Crippen LogP contribution in [0.25, 0.3) is 0 Å². The van der Waals surface area contributed by atoms with Crippen LogP contribution in [0.2, 0.25) is 0 Å². The number of piperidine rings is 1. The summed E-state index contributed by atoms with van der Waals surface area (Å²) >= 11 is 0. The van der Waals surface area contributed by atoms with Crippen molar-refractivity contribution in [2.75, 3.05) is 30.8 Å². The molecule has 2 aromatic rings. The van der Waals surface area contributed by atoms with Gasteiger partial charge in [0.2, 0.25) is 11.8 Å². The summed E-state index contributed by atoms with van der Waals surface area (Å²) in [6.45, 7) is 1.16. The number of nitrogens with zero attached hydrogens (tertiary/aromatic N) is 1. The van der Waals surface area contributed by atoms with Crippen molar-refractivity contribution in [3.8, 4) is 5.75 Å². The molecule has 7 heteroatoms. The predicted molar refractivity (Wildman–Crippen MR) is 118 cm³/mol. The molecule has 162 valence electrons. The topological polar surface area (TPSA) is 87.7 Å². The first-order chi connectivity index (χ1) is 15.0. The highest BCUT2D eigenvalue weighted by Crippen LogP contribution is 2.32. The minimum atomic E-state index is -0.321. The van der Waals surface area contributed by atoms with Crippen molar-refractivity contribution in [1.29, 1.82) is 0 Å². The predicted octanol–water partition coefficient (Wildman–Crippen LogP) is 3.53. The Balaban J connectivity index is 1.43. The van der Waals surface area contributed by atoms with Crippen LogP contribution in [0.4, 0.5) is 11.4 Å². The molecule has 0 spiro atoms. The maximum atomic E-state index is 12.9. The first kappa shape index (κ1) is 20.9. The number of para-hydroxylation sites is 1. The third-order valence-corrected chi connectivity index (χ3v) is 5.79. The average Bonchev–Trinajstić information content (AvgIpc) is 3.64. The molecule has 0 aromatic heterocycles. The van der Waals surface area contributed by atoms with Crippen LogP contribution in [-0.2, 0) is 9.59 Å². The summed E-state index contributed by atoms with van der Waals surface area (Å²) in [6, 6.07) is 14.0. The van der Waals surface area contributed by atoms with Crippen molar-refractivity contribution in [2.45, 2.75) is 25.7 Å². The molecule has 1 unspecified atom stereocenters. The van der Waals surface area contributed by atoms with Gasteiger partial charge in [0.15, 0.2) is 0 Å². The number of amides is 3. The Hall–Kier alpha value is -3.35. The second-order valence-corrected chi connectivity index (χ2v) is 8.12. The number of nitrogens with one attached hydrogen (secondary N) is 2. The van der Waals surface area contributed by atoms with Gasteiger partial charge >= 0.3 is 0 Å². The molecule has 7 nitrogen and oxygen atoms in total. The quantitative estimate of drug-likeness (QED) is 0.747. The lowest BCUT2D eigenvalue weighted by molar-refractivity contribution is -0.135. The lowest BCUT2D eigenvalue weighted by Gasteiger charge is -2.32. The SMILES string of the molecule is COc1cccc(NC(=O)c2ccccc2NC(=O)C2CCCN(C(=O)C3CC3)C2)c1. The molecule has 2 fully saturated rings. The van der Waals surface area contributed by atoms with Crippen LogP contribution in [0.5, 0.6) is 5.75 Å². The normalized spacial score (nSPS) is 18.2. The van der Waals surface area contributed by atoms with Crippen molar-refractivity contribution in [3.05, 3.63) is 54.1 Å². The van der Waals surface area contributed by atoms with Crippen LogP contribution in [0, 0.1) is 11.8 Å². The van der Waals surface area contributed by atoms with E-state index in [1.54, 1.807) is 55.6 Å². The zero-order valence-electron chi connectivity index (χ0n) is 17.6. The van der Waals surface area contributed by atoms with Gasteiger partial charge in [-0.25, -0.2) is 0 Å². The number of hydrogen-bond acceptors (Lipinski definition) is 4. The van der Waals surface area contributed by atoms with E-state index in [9.17, 15) is 14.4 Å². The smallest absolute Gasteiger partial charge is 0.257 e. The monoisotopic (exact) mass is 421 g/mol. The van der Waals surface area contributed by atoms with Crippen LogP contribution in [0.1, 0.15) is 36.0 Å². The number of likely N-dealkylation sites (tertiary alicyclic amines) is 1. The molecule has 2 aliphatic rings. The summed E-state index contributed by atoms with van der Waals surface area (Å²) in [5.41, 5.74) is 1.44. The van der Waals surface area contributed by atoms with Gasteiger partial charge < -0.3 is 20.3 Å². The van der Waals surface area contributed by atoms with Gasteiger partial charge in [0.1, 0.15) is 5.75 Å². The third-order valence-electron chi connectivity index (χ3n) is 5.79. The summed E-state index contributed by atoms with van der Waals surface area (Å²) in [4.78, 5) is 40.0. The minimum absolute atomic E-state index is 0.155. The highest BCUT2D eigenvalue weighted by Gasteiger charge is 2.36. The van der Waals surface area contributed by atoms with E-state index < -0.39 is 0 Å². The fraction of sp³-hybridized carbons (Fsp3) is 0.375. The van der Waals surface area contributed by atoms with Gasteiger partial charge in [-0.05, 0) is 49.9 Å². The lowest BCUT2D eigenvalue weighted by atomic mass is 9.96. The number of anilines is 2. The van der Waals surface area contributed by atoms with E-state index in [1.807, 2.05) is 4.90 Å². The van der Waals surface area contributed by atoms with Gasteiger partial charge in [-0.2, -0.15) is 0 Å². The van der Waals surface area contributed by atoms with Crippen LogP contribution >= 0.6 is 0 Å². The van der Waals surface area contributed by atoms with Crippen molar-refractivity contribution in [2.24, 2.45) is 11.8 Å². The molecule has 2 N–H and O–H groups in total.